The van der Waals surface area contributed by atoms with Gasteiger partial charge < -0.3 is 26.6 Å². The summed E-state index contributed by atoms with van der Waals surface area (Å²) in [7, 11) is 0. The van der Waals surface area contributed by atoms with Gasteiger partial charge in [0.2, 0.25) is 5.91 Å². The van der Waals surface area contributed by atoms with Crippen molar-refractivity contribution >= 4 is 41.0 Å². The van der Waals surface area contributed by atoms with Gasteiger partial charge >= 0.3 is 0 Å². The van der Waals surface area contributed by atoms with Crippen molar-refractivity contribution in [1.29, 1.82) is 0 Å². The highest BCUT2D eigenvalue weighted by molar-refractivity contribution is 6.08. The van der Waals surface area contributed by atoms with Crippen LogP contribution in [0.25, 0.3) is 6.08 Å². The minimum absolute atomic E-state index is 0.0433. The molecule has 10 nitrogen and oxygen atoms in total. The number of anilines is 1. The third kappa shape index (κ3) is 7.38. The molecule has 2 aliphatic rings. The lowest BCUT2D eigenvalue weighted by molar-refractivity contribution is -0.127. The van der Waals surface area contributed by atoms with Crippen LogP contribution in [-0.2, 0) is 17.8 Å². The summed E-state index contributed by atoms with van der Waals surface area (Å²) < 4.78 is 0. The first kappa shape index (κ1) is 30.6. The van der Waals surface area contributed by atoms with Gasteiger partial charge in [-0.3, -0.25) is 19.4 Å². The monoisotopic (exact) mass is 593 g/mol. The van der Waals surface area contributed by atoms with Gasteiger partial charge in [0.05, 0.1) is 23.1 Å². The maximum Gasteiger partial charge on any atom is 0.255 e. The molecule has 0 saturated heterocycles. The van der Waals surface area contributed by atoms with Crippen molar-refractivity contribution in [2.75, 3.05) is 25.0 Å². The number of carbonyl (C=O) groups is 3. The van der Waals surface area contributed by atoms with E-state index in [2.05, 4.69) is 38.1 Å². The smallest absolute Gasteiger partial charge is 0.255 e. The number of fused-ring (bicyclic) bond motifs is 2. The molecular weight excluding hydrogens is 554 g/mol. The second-order valence-electron chi connectivity index (χ2n) is 11.2. The van der Waals surface area contributed by atoms with E-state index < -0.39 is 0 Å². The zero-order chi connectivity index (χ0) is 31.1. The van der Waals surface area contributed by atoms with Crippen molar-refractivity contribution in [3.8, 4) is 0 Å². The molecule has 0 radical (unpaired) electrons. The second kappa shape index (κ2) is 14.1. The highest BCUT2D eigenvalue weighted by Crippen LogP contribution is 2.29. The molecule has 2 aliphatic heterocycles. The van der Waals surface area contributed by atoms with Gasteiger partial charge in [0.15, 0.2) is 0 Å². The van der Waals surface area contributed by atoms with Crippen LogP contribution in [-0.4, -0.2) is 59.1 Å². The number of amidine groups is 1. The zero-order valence-corrected chi connectivity index (χ0v) is 25.2. The van der Waals surface area contributed by atoms with Gasteiger partial charge in [-0.25, -0.2) is 4.99 Å². The number of hydrogen-bond acceptors (Lipinski definition) is 7. The van der Waals surface area contributed by atoms with Gasteiger partial charge in [0, 0.05) is 61.5 Å². The number of aromatic nitrogens is 1. The predicted octanol–water partition coefficient (Wildman–Crippen LogP) is 4.20. The molecule has 1 unspecified atom stereocenters. The van der Waals surface area contributed by atoms with Crippen molar-refractivity contribution in [2.24, 2.45) is 10.7 Å². The first-order chi connectivity index (χ1) is 21.3. The number of nitrogens with zero attached hydrogens (tertiary/aromatic N) is 3. The molecule has 228 valence electrons. The standard InChI is InChI=1S/C34H39N7O3/c1-3-11-41(12-4-2)34(44)26-13-23-9-10-24(16-30(23)40-31(35)17-26)33(43)39-29-15-27(18-36-20-29)32(42)38-21-28-14-22-7-5-6-8-25(22)19-37-28/h5-10,13,15-16,18,20,28,37H,3-4,11-12,14,17,19,21H2,1-2H3,(H2,35,40)(H,38,42)(H,39,43). The first-order valence-electron chi connectivity index (χ1n) is 15.2. The molecule has 3 heterocycles. The van der Waals surface area contributed by atoms with Crippen molar-refractivity contribution in [3.05, 3.63) is 94.3 Å². The Morgan fingerprint density at radius 1 is 0.977 bits per heavy atom. The van der Waals surface area contributed by atoms with Gasteiger partial charge in [-0.05, 0) is 54.7 Å². The summed E-state index contributed by atoms with van der Waals surface area (Å²) >= 11 is 0. The molecule has 1 aromatic heterocycles. The Morgan fingerprint density at radius 2 is 1.75 bits per heavy atom. The fourth-order valence-corrected chi connectivity index (χ4v) is 5.55. The maximum absolute atomic E-state index is 13.3. The van der Waals surface area contributed by atoms with Crippen LogP contribution in [0.2, 0.25) is 0 Å². The molecule has 44 heavy (non-hydrogen) atoms. The van der Waals surface area contributed by atoms with Gasteiger partial charge in [0.25, 0.3) is 11.8 Å². The van der Waals surface area contributed by atoms with Gasteiger partial charge in [-0.2, -0.15) is 0 Å². The number of rotatable bonds is 10. The first-order valence-corrected chi connectivity index (χ1v) is 15.2. The van der Waals surface area contributed by atoms with E-state index in [0.29, 0.717) is 53.5 Å². The SMILES string of the molecule is CCCN(CCC)C(=O)C1=Cc2ccc(C(=O)Nc3cncc(C(=O)NCC4Cc5ccccc5CN4)c3)cc2N=C(N)C1. The van der Waals surface area contributed by atoms with E-state index in [4.69, 9.17) is 5.73 Å². The molecule has 0 aliphatic carbocycles. The largest absolute Gasteiger partial charge is 0.387 e. The Balaban J connectivity index is 1.24. The van der Waals surface area contributed by atoms with E-state index in [0.717, 1.165) is 31.4 Å². The van der Waals surface area contributed by atoms with Crippen LogP contribution in [0.1, 0.15) is 70.5 Å². The van der Waals surface area contributed by atoms with Gasteiger partial charge in [-0.15, -0.1) is 0 Å². The normalized spacial score (nSPS) is 15.5. The van der Waals surface area contributed by atoms with Crippen LogP contribution in [0.5, 0.6) is 0 Å². The fraction of sp³-hybridized carbons (Fsp3) is 0.324. The minimum atomic E-state index is -0.382. The Hall–Kier alpha value is -4.83. The predicted molar refractivity (Wildman–Crippen MR) is 173 cm³/mol. The molecule has 0 saturated carbocycles. The van der Waals surface area contributed by atoms with E-state index in [1.165, 1.54) is 23.5 Å². The lowest BCUT2D eigenvalue weighted by Crippen LogP contribution is -2.44. The fourth-order valence-electron chi connectivity index (χ4n) is 5.55. The third-order valence-corrected chi connectivity index (χ3v) is 7.74. The van der Waals surface area contributed by atoms with E-state index >= 15 is 0 Å². The summed E-state index contributed by atoms with van der Waals surface area (Å²) in [5, 5.41) is 9.26. The Kier molecular flexibility index (Phi) is 9.81. The molecular formula is C34H39N7O3. The number of nitrogens with two attached hydrogens (primary N) is 1. The zero-order valence-electron chi connectivity index (χ0n) is 25.2. The van der Waals surface area contributed by atoms with E-state index in [1.54, 1.807) is 24.3 Å². The molecule has 0 fully saturated rings. The summed E-state index contributed by atoms with van der Waals surface area (Å²) in [6, 6.07) is 15.1. The summed E-state index contributed by atoms with van der Waals surface area (Å²) in [5.41, 5.74) is 11.7. The summed E-state index contributed by atoms with van der Waals surface area (Å²) in [6.45, 7) is 6.69. The minimum Gasteiger partial charge on any atom is -0.387 e. The van der Waals surface area contributed by atoms with Crippen LogP contribution in [0.4, 0.5) is 11.4 Å². The average Bonchev–Trinajstić information content (AvgIpc) is 3.20. The quantitative estimate of drug-likeness (QED) is 0.278. The molecule has 0 bridgehead atoms. The van der Waals surface area contributed by atoms with Crippen LogP contribution >= 0.6 is 0 Å². The van der Waals surface area contributed by atoms with Crippen LogP contribution in [0.15, 0.2) is 71.5 Å². The number of nitrogens with one attached hydrogen (secondary N) is 3. The van der Waals surface area contributed by atoms with Crippen molar-refractivity contribution in [2.45, 2.75) is 52.1 Å². The lowest BCUT2D eigenvalue weighted by atomic mass is 9.96. The van der Waals surface area contributed by atoms with E-state index in [9.17, 15) is 14.4 Å². The van der Waals surface area contributed by atoms with E-state index in [-0.39, 0.29) is 30.2 Å². The van der Waals surface area contributed by atoms with Crippen molar-refractivity contribution < 1.29 is 14.4 Å². The molecule has 10 heteroatoms. The highest BCUT2D eigenvalue weighted by Gasteiger charge is 2.22. The number of benzene rings is 2. The van der Waals surface area contributed by atoms with Crippen molar-refractivity contribution in [1.82, 2.24) is 20.5 Å². The van der Waals surface area contributed by atoms with Crippen LogP contribution in [0.3, 0.4) is 0 Å². The van der Waals surface area contributed by atoms with Gasteiger partial charge in [0.1, 0.15) is 5.84 Å². The number of pyridine rings is 1. The average molecular weight is 594 g/mol. The second-order valence-corrected chi connectivity index (χ2v) is 11.2. The number of hydrogen-bond donors (Lipinski definition) is 4. The molecule has 3 amide bonds. The molecule has 5 rings (SSSR count). The molecule has 3 aromatic rings. The Morgan fingerprint density at radius 3 is 2.52 bits per heavy atom. The van der Waals surface area contributed by atoms with Crippen molar-refractivity contribution in [3.63, 3.8) is 0 Å². The lowest BCUT2D eigenvalue weighted by Gasteiger charge is -2.26. The molecule has 0 spiro atoms. The summed E-state index contributed by atoms with van der Waals surface area (Å²) in [4.78, 5) is 49.9. The Bertz CT molecular complexity index is 1610. The maximum atomic E-state index is 13.3. The molecule has 1 atom stereocenters. The molecule has 2 aromatic carbocycles. The highest BCUT2D eigenvalue weighted by atomic mass is 16.2. The summed E-state index contributed by atoms with van der Waals surface area (Å²) in [6.07, 6.45) is 7.60. The summed E-state index contributed by atoms with van der Waals surface area (Å²) in [5.74, 6) is -0.382. The van der Waals surface area contributed by atoms with Crippen LogP contribution < -0.4 is 21.7 Å². The number of amides is 3. The topological polar surface area (TPSA) is 142 Å². The van der Waals surface area contributed by atoms with Crippen LogP contribution in [0, 0.1) is 0 Å². The van der Waals surface area contributed by atoms with E-state index in [1.807, 2.05) is 37.0 Å². The number of carbonyl (C=O) groups excluding carboxylic acids is 3. The number of aliphatic imine (C=N–C) groups is 1. The third-order valence-electron chi connectivity index (χ3n) is 7.74. The Labute approximate surface area is 257 Å². The molecule has 5 N–H and O–H groups in total. The van der Waals surface area contributed by atoms with Gasteiger partial charge in [-0.1, -0.05) is 44.2 Å².